The first-order valence-electron chi connectivity index (χ1n) is 6.27. The molecule has 1 aromatic carbocycles. The van der Waals surface area contributed by atoms with Gasteiger partial charge in [-0.3, -0.25) is 4.79 Å². The van der Waals surface area contributed by atoms with E-state index in [1.54, 1.807) is 12.3 Å². The fourth-order valence-electron chi connectivity index (χ4n) is 2.40. The number of pyridine rings is 1. The summed E-state index contributed by atoms with van der Waals surface area (Å²) >= 11 is 0. The average molecular weight is 272 g/mol. The molecule has 5 heteroatoms. The van der Waals surface area contributed by atoms with Crippen LogP contribution in [0.5, 0.6) is 5.75 Å². The molecule has 0 amide bonds. The molecule has 1 N–H and O–H groups in total. The molecule has 0 spiro atoms. The molecule has 102 valence electrons. The van der Waals surface area contributed by atoms with Crippen LogP contribution in [0.15, 0.2) is 36.5 Å². The third-order valence-corrected chi connectivity index (χ3v) is 3.44. The topological polar surface area (TPSA) is 51.2 Å². The molecule has 0 fully saturated rings. The van der Waals surface area contributed by atoms with Crippen LogP contribution in [0, 0.1) is 5.82 Å². The van der Waals surface area contributed by atoms with E-state index < -0.39 is 11.7 Å². The molecule has 2 aromatic rings. The predicted molar refractivity (Wildman–Crippen MR) is 72.8 cm³/mol. The van der Waals surface area contributed by atoms with Gasteiger partial charge in [0.05, 0.1) is 18.6 Å². The Balaban J connectivity index is 1.98. The van der Waals surface area contributed by atoms with E-state index in [0.29, 0.717) is 18.1 Å². The summed E-state index contributed by atoms with van der Waals surface area (Å²) in [6.07, 6.45) is 1.66. The quantitative estimate of drug-likeness (QED) is 0.873. The van der Waals surface area contributed by atoms with Crippen molar-refractivity contribution in [2.75, 3.05) is 19.0 Å². The van der Waals surface area contributed by atoms with E-state index in [2.05, 4.69) is 10.3 Å². The van der Waals surface area contributed by atoms with Gasteiger partial charge in [-0.1, -0.05) is 6.07 Å². The lowest BCUT2D eigenvalue weighted by Gasteiger charge is -2.10. The van der Waals surface area contributed by atoms with Crippen molar-refractivity contribution in [3.05, 3.63) is 53.5 Å². The molecule has 0 saturated carbocycles. The standard InChI is InChI=1S/C15H13FN2O2/c1-20-9-4-5-13(16)11(7-9)14(19)12-8-18-15-10(12)3-2-6-17-15/h2-7,12H,8H2,1H3,(H,17,18). The zero-order valence-electron chi connectivity index (χ0n) is 10.9. The van der Waals surface area contributed by atoms with Crippen LogP contribution in [0.3, 0.4) is 0 Å². The van der Waals surface area contributed by atoms with Gasteiger partial charge in [0.25, 0.3) is 0 Å². The number of ether oxygens (including phenoxy) is 1. The largest absolute Gasteiger partial charge is 0.497 e. The van der Waals surface area contributed by atoms with Crippen LogP contribution in [-0.4, -0.2) is 24.4 Å². The van der Waals surface area contributed by atoms with E-state index in [4.69, 9.17) is 4.74 Å². The second kappa shape index (κ2) is 4.92. The molecule has 1 atom stereocenters. The molecular weight excluding hydrogens is 259 g/mol. The van der Waals surface area contributed by atoms with Crippen molar-refractivity contribution in [2.45, 2.75) is 5.92 Å². The van der Waals surface area contributed by atoms with Crippen LogP contribution in [-0.2, 0) is 0 Å². The van der Waals surface area contributed by atoms with Crippen molar-refractivity contribution in [1.29, 1.82) is 0 Å². The van der Waals surface area contributed by atoms with Crippen molar-refractivity contribution in [2.24, 2.45) is 0 Å². The van der Waals surface area contributed by atoms with Crippen LogP contribution in [0.2, 0.25) is 0 Å². The number of hydrogen-bond acceptors (Lipinski definition) is 4. The summed E-state index contributed by atoms with van der Waals surface area (Å²) < 4.78 is 18.9. The Kier molecular flexibility index (Phi) is 3.10. The van der Waals surface area contributed by atoms with Gasteiger partial charge >= 0.3 is 0 Å². The smallest absolute Gasteiger partial charge is 0.175 e. The molecule has 4 nitrogen and oxygen atoms in total. The molecular formula is C15H13FN2O2. The minimum absolute atomic E-state index is 0.0489. The van der Waals surface area contributed by atoms with Gasteiger partial charge in [0.1, 0.15) is 17.4 Å². The lowest BCUT2D eigenvalue weighted by molar-refractivity contribution is 0.0962. The lowest BCUT2D eigenvalue weighted by Crippen LogP contribution is -2.16. The number of carbonyl (C=O) groups is 1. The first-order valence-corrected chi connectivity index (χ1v) is 6.27. The molecule has 0 saturated heterocycles. The zero-order valence-corrected chi connectivity index (χ0v) is 10.9. The van der Waals surface area contributed by atoms with Crippen LogP contribution in [0.25, 0.3) is 0 Å². The number of aromatic nitrogens is 1. The number of fused-ring (bicyclic) bond motifs is 1. The summed E-state index contributed by atoms with van der Waals surface area (Å²) in [4.78, 5) is 16.7. The first kappa shape index (κ1) is 12.6. The fourth-order valence-corrected chi connectivity index (χ4v) is 2.40. The van der Waals surface area contributed by atoms with Gasteiger partial charge in [-0.2, -0.15) is 0 Å². The average Bonchev–Trinajstić information content (AvgIpc) is 2.91. The summed E-state index contributed by atoms with van der Waals surface area (Å²) in [6, 6.07) is 7.79. The number of Topliss-reactive ketones (excluding diaryl/α,β-unsaturated/α-hetero) is 1. The maximum Gasteiger partial charge on any atom is 0.175 e. The number of carbonyl (C=O) groups excluding carboxylic acids is 1. The Morgan fingerprint density at radius 1 is 1.45 bits per heavy atom. The number of anilines is 1. The Labute approximate surface area is 115 Å². The SMILES string of the molecule is COc1ccc(F)c(C(=O)C2CNc3ncccc32)c1. The van der Waals surface area contributed by atoms with Gasteiger partial charge in [0, 0.05) is 18.3 Å². The summed E-state index contributed by atoms with van der Waals surface area (Å²) in [5.41, 5.74) is 0.854. The third-order valence-electron chi connectivity index (χ3n) is 3.44. The van der Waals surface area contributed by atoms with Gasteiger partial charge in [0.15, 0.2) is 5.78 Å². The number of hydrogen-bond donors (Lipinski definition) is 1. The fraction of sp³-hybridized carbons (Fsp3) is 0.200. The molecule has 1 aliphatic heterocycles. The minimum atomic E-state index is -0.534. The van der Waals surface area contributed by atoms with Crippen molar-refractivity contribution < 1.29 is 13.9 Å². The number of benzene rings is 1. The van der Waals surface area contributed by atoms with Gasteiger partial charge in [-0.15, -0.1) is 0 Å². The summed E-state index contributed by atoms with van der Waals surface area (Å²) in [6.45, 7) is 0.432. The highest BCUT2D eigenvalue weighted by Crippen LogP contribution is 2.33. The molecule has 0 aliphatic carbocycles. The van der Waals surface area contributed by atoms with Gasteiger partial charge in [-0.25, -0.2) is 9.37 Å². The summed E-state index contributed by atoms with van der Waals surface area (Å²) in [5, 5.41) is 3.06. The van der Waals surface area contributed by atoms with Crippen molar-refractivity contribution >= 4 is 11.6 Å². The highest BCUT2D eigenvalue weighted by Gasteiger charge is 2.31. The van der Waals surface area contributed by atoms with E-state index in [-0.39, 0.29) is 11.3 Å². The highest BCUT2D eigenvalue weighted by molar-refractivity contribution is 6.03. The molecule has 0 radical (unpaired) electrons. The predicted octanol–water partition coefficient (Wildman–Crippen LogP) is 2.62. The van der Waals surface area contributed by atoms with Crippen molar-refractivity contribution in [3.8, 4) is 5.75 Å². The Morgan fingerprint density at radius 3 is 3.10 bits per heavy atom. The number of rotatable bonds is 3. The van der Waals surface area contributed by atoms with Crippen LogP contribution >= 0.6 is 0 Å². The second-order valence-electron chi connectivity index (χ2n) is 4.58. The van der Waals surface area contributed by atoms with Crippen LogP contribution in [0.1, 0.15) is 21.8 Å². The molecule has 0 bridgehead atoms. The Bertz CT molecular complexity index is 673. The molecule has 3 rings (SSSR count). The van der Waals surface area contributed by atoms with Gasteiger partial charge in [-0.05, 0) is 24.3 Å². The van der Waals surface area contributed by atoms with Crippen molar-refractivity contribution in [1.82, 2.24) is 4.98 Å². The monoisotopic (exact) mass is 272 g/mol. The third kappa shape index (κ3) is 2.01. The summed E-state index contributed by atoms with van der Waals surface area (Å²) in [7, 11) is 1.48. The molecule has 1 aromatic heterocycles. The molecule has 1 unspecified atom stereocenters. The molecule has 1 aliphatic rings. The maximum absolute atomic E-state index is 13.9. The Hall–Kier alpha value is -2.43. The number of methoxy groups -OCH3 is 1. The number of ketones is 1. The van der Waals surface area contributed by atoms with Crippen molar-refractivity contribution in [3.63, 3.8) is 0 Å². The lowest BCUT2D eigenvalue weighted by atomic mass is 9.93. The maximum atomic E-state index is 13.9. The van der Waals surface area contributed by atoms with E-state index in [1.807, 2.05) is 6.07 Å². The van der Waals surface area contributed by atoms with Crippen LogP contribution in [0.4, 0.5) is 10.2 Å². The molecule has 20 heavy (non-hydrogen) atoms. The van der Waals surface area contributed by atoms with E-state index in [0.717, 1.165) is 5.56 Å². The number of nitrogens with one attached hydrogen (secondary N) is 1. The number of nitrogens with zero attached hydrogens (tertiary/aromatic N) is 1. The normalized spacial score (nSPS) is 16.4. The first-order chi connectivity index (χ1) is 9.70. The highest BCUT2D eigenvalue weighted by atomic mass is 19.1. The van der Waals surface area contributed by atoms with Gasteiger partial charge in [0.2, 0.25) is 0 Å². The zero-order chi connectivity index (χ0) is 14.1. The van der Waals surface area contributed by atoms with E-state index in [1.165, 1.54) is 25.3 Å². The number of halogens is 1. The molecule has 2 heterocycles. The summed E-state index contributed by atoms with van der Waals surface area (Å²) in [5.74, 6) is -0.0598. The minimum Gasteiger partial charge on any atom is -0.497 e. The Morgan fingerprint density at radius 2 is 2.30 bits per heavy atom. The van der Waals surface area contributed by atoms with Gasteiger partial charge < -0.3 is 10.1 Å². The second-order valence-corrected chi connectivity index (χ2v) is 4.58. The van der Waals surface area contributed by atoms with E-state index >= 15 is 0 Å². The van der Waals surface area contributed by atoms with Crippen LogP contribution < -0.4 is 10.1 Å². The van der Waals surface area contributed by atoms with E-state index in [9.17, 15) is 9.18 Å².